The lowest BCUT2D eigenvalue weighted by Crippen LogP contribution is -2.40. The maximum Gasteiger partial charge on any atom is 0.119 e. The summed E-state index contributed by atoms with van der Waals surface area (Å²) in [6.45, 7) is 6.03. The standard InChI is InChI=1S/C13H21NO2/c1-10(2)16-12-7-5-11(6-8-12)13(3,9-15)14-4/h5-8,10,14-15H,9H2,1-4H3. The van der Waals surface area contributed by atoms with Crippen molar-refractivity contribution in [2.45, 2.75) is 32.4 Å². The normalized spacial score (nSPS) is 14.9. The molecule has 0 amide bonds. The minimum absolute atomic E-state index is 0.0634. The van der Waals surface area contributed by atoms with Gasteiger partial charge in [-0.25, -0.2) is 0 Å². The van der Waals surface area contributed by atoms with Crippen LogP contribution in [0.4, 0.5) is 0 Å². The van der Waals surface area contributed by atoms with E-state index in [1.54, 1.807) is 0 Å². The number of hydrogen-bond acceptors (Lipinski definition) is 3. The molecule has 2 N–H and O–H groups in total. The molecule has 0 bridgehead atoms. The monoisotopic (exact) mass is 223 g/mol. The van der Waals surface area contributed by atoms with Crippen LogP contribution in [-0.2, 0) is 5.54 Å². The third-order valence-electron chi connectivity index (χ3n) is 2.73. The predicted octanol–water partition coefficient (Wildman–Crippen LogP) is 1.90. The topological polar surface area (TPSA) is 41.5 Å². The molecule has 1 aromatic rings. The zero-order valence-corrected chi connectivity index (χ0v) is 10.4. The van der Waals surface area contributed by atoms with E-state index in [2.05, 4.69) is 5.32 Å². The van der Waals surface area contributed by atoms with Gasteiger partial charge in [-0.1, -0.05) is 12.1 Å². The summed E-state index contributed by atoms with van der Waals surface area (Å²) >= 11 is 0. The van der Waals surface area contributed by atoms with Crippen molar-refractivity contribution in [3.8, 4) is 5.75 Å². The van der Waals surface area contributed by atoms with Gasteiger partial charge in [0.05, 0.1) is 18.2 Å². The van der Waals surface area contributed by atoms with Crippen molar-refractivity contribution in [2.24, 2.45) is 0 Å². The molecule has 0 heterocycles. The Kier molecular flexibility index (Phi) is 4.33. The lowest BCUT2D eigenvalue weighted by atomic mass is 9.93. The van der Waals surface area contributed by atoms with Gasteiger partial charge in [0.15, 0.2) is 0 Å². The third kappa shape index (κ3) is 2.97. The van der Waals surface area contributed by atoms with Gasteiger partial charge >= 0.3 is 0 Å². The minimum atomic E-state index is -0.392. The van der Waals surface area contributed by atoms with Crippen LogP contribution in [0.15, 0.2) is 24.3 Å². The number of likely N-dealkylation sites (N-methyl/N-ethyl adjacent to an activating group) is 1. The molecule has 90 valence electrons. The summed E-state index contributed by atoms with van der Waals surface area (Å²) in [4.78, 5) is 0. The fourth-order valence-corrected chi connectivity index (χ4v) is 1.49. The molecule has 0 saturated heterocycles. The zero-order chi connectivity index (χ0) is 12.2. The molecule has 0 radical (unpaired) electrons. The van der Waals surface area contributed by atoms with Crippen LogP contribution in [0.2, 0.25) is 0 Å². The summed E-state index contributed by atoms with van der Waals surface area (Å²) in [5.41, 5.74) is 0.657. The van der Waals surface area contributed by atoms with Crippen LogP contribution in [-0.4, -0.2) is 24.9 Å². The maximum atomic E-state index is 9.36. The van der Waals surface area contributed by atoms with Crippen molar-refractivity contribution >= 4 is 0 Å². The predicted molar refractivity (Wildman–Crippen MR) is 65.7 cm³/mol. The highest BCUT2D eigenvalue weighted by atomic mass is 16.5. The van der Waals surface area contributed by atoms with E-state index in [1.807, 2.05) is 52.1 Å². The Labute approximate surface area is 97.4 Å². The van der Waals surface area contributed by atoms with Gasteiger partial charge in [-0.3, -0.25) is 0 Å². The summed E-state index contributed by atoms with van der Waals surface area (Å²) < 4.78 is 5.57. The minimum Gasteiger partial charge on any atom is -0.491 e. The number of benzene rings is 1. The second kappa shape index (κ2) is 5.32. The van der Waals surface area contributed by atoms with Crippen LogP contribution >= 0.6 is 0 Å². The average molecular weight is 223 g/mol. The van der Waals surface area contributed by atoms with Crippen molar-refractivity contribution in [3.05, 3.63) is 29.8 Å². The lowest BCUT2D eigenvalue weighted by Gasteiger charge is -2.27. The van der Waals surface area contributed by atoms with E-state index in [0.717, 1.165) is 11.3 Å². The van der Waals surface area contributed by atoms with Crippen LogP contribution in [0.1, 0.15) is 26.3 Å². The van der Waals surface area contributed by atoms with Gasteiger partial charge in [-0.2, -0.15) is 0 Å². The molecule has 1 unspecified atom stereocenters. The van der Waals surface area contributed by atoms with E-state index < -0.39 is 5.54 Å². The molecule has 1 atom stereocenters. The van der Waals surface area contributed by atoms with Gasteiger partial charge in [-0.05, 0) is 45.5 Å². The van der Waals surface area contributed by atoms with Crippen molar-refractivity contribution < 1.29 is 9.84 Å². The Bertz CT molecular complexity index is 315. The number of rotatable bonds is 5. The van der Waals surface area contributed by atoms with Gasteiger partial charge in [0.1, 0.15) is 5.75 Å². The molecule has 0 aromatic heterocycles. The van der Waals surface area contributed by atoms with Gasteiger partial charge in [0, 0.05) is 0 Å². The van der Waals surface area contributed by atoms with Gasteiger partial charge in [0.25, 0.3) is 0 Å². The van der Waals surface area contributed by atoms with E-state index in [1.165, 1.54) is 0 Å². The lowest BCUT2D eigenvalue weighted by molar-refractivity contribution is 0.183. The highest BCUT2D eigenvalue weighted by Gasteiger charge is 2.22. The Morgan fingerprint density at radius 2 is 1.88 bits per heavy atom. The molecule has 1 aromatic carbocycles. The van der Waals surface area contributed by atoms with Crippen LogP contribution in [0, 0.1) is 0 Å². The van der Waals surface area contributed by atoms with Crippen molar-refractivity contribution in [1.29, 1.82) is 0 Å². The summed E-state index contributed by atoms with van der Waals surface area (Å²) in [6, 6.07) is 7.82. The van der Waals surface area contributed by atoms with E-state index in [4.69, 9.17) is 4.74 Å². The molecule has 3 nitrogen and oxygen atoms in total. The van der Waals surface area contributed by atoms with E-state index in [0.29, 0.717) is 0 Å². The van der Waals surface area contributed by atoms with Crippen molar-refractivity contribution in [2.75, 3.05) is 13.7 Å². The number of aliphatic hydroxyl groups excluding tert-OH is 1. The van der Waals surface area contributed by atoms with E-state index in [-0.39, 0.29) is 12.7 Å². The summed E-state index contributed by atoms with van der Waals surface area (Å²) in [5, 5.41) is 12.5. The Morgan fingerprint density at radius 3 is 2.25 bits per heavy atom. The molecule has 0 aliphatic heterocycles. The molecule has 1 rings (SSSR count). The second-order valence-electron chi connectivity index (χ2n) is 4.43. The number of aliphatic hydroxyl groups is 1. The zero-order valence-electron chi connectivity index (χ0n) is 10.4. The SMILES string of the molecule is CNC(C)(CO)c1ccc(OC(C)C)cc1. The average Bonchev–Trinajstić information content (AvgIpc) is 2.28. The first-order valence-electron chi connectivity index (χ1n) is 5.59. The summed E-state index contributed by atoms with van der Waals surface area (Å²) in [7, 11) is 1.84. The second-order valence-corrected chi connectivity index (χ2v) is 4.43. The first-order valence-corrected chi connectivity index (χ1v) is 5.59. The fraction of sp³-hybridized carbons (Fsp3) is 0.538. The number of hydrogen-bond donors (Lipinski definition) is 2. The number of ether oxygens (including phenoxy) is 1. The van der Waals surface area contributed by atoms with Crippen molar-refractivity contribution in [3.63, 3.8) is 0 Å². The van der Waals surface area contributed by atoms with Gasteiger partial charge in [-0.15, -0.1) is 0 Å². The van der Waals surface area contributed by atoms with Crippen LogP contribution in [0.25, 0.3) is 0 Å². The fourth-order valence-electron chi connectivity index (χ4n) is 1.49. The maximum absolute atomic E-state index is 9.36. The molecule has 0 aliphatic carbocycles. The van der Waals surface area contributed by atoms with E-state index in [9.17, 15) is 5.11 Å². The van der Waals surface area contributed by atoms with Crippen LogP contribution in [0.3, 0.4) is 0 Å². The van der Waals surface area contributed by atoms with Crippen LogP contribution in [0.5, 0.6) is 5.75 Å². The first kappa shape index (κ1) is 13.0. The third-order valence-corrected chi connectivity index (χ3v) is 2.73. The quantitative estimate of drug-likeness (QED) is 0.801. The van der Waals surface area contributed by atoms with Gasteiger partial charge < -0.3 is 15.2 Å². The van der Waals surface area contributed by atoms with Crippen LogP contribution < -0.4 is 10.1 Å². The molecule has 0 aliphatic rings. The molecular formula is C13H21NO2. The first-order chi connectivity index (χ1) is 7.51. The highest BCUT2D eigenvalue weighted by molar-refractivity contribution is 5.31. The summed E-state index contributed by atoms with van der Waals surface area (Å²) in [6.07, 6.45) is 0.180. The van der Waals surface area contributed by atoms with Gasteiger partial charge in [0.2, 0.25) is 0 Å². The molecule has 0 saturated carbocycles. The summed E-state index contributed by atoms with van der Waals surface area (Å²) in [5.74, 6) is 0.857. The van der Waals surface area contributed by atoms with Crippen molar-refractivity contribution in [1.82, 2.24) is 5.32 Å². The number of nitrogens with one attached hydrogen (secondary N) is 1. The largest absolute Gasteiger partial charge is 0.491 e. The molecule has 0 spiro atoms. The highest BCUT2D eigenvalue weighted by Crippen LogP contribution is 2.22. The molecule has 3 heteroatoms. The molecule has 16 heavy (non-hydrogen) atoms. The molecular weight excluding hydrogens is 202 g/mol. The molecule has 0 fully saturated rings. The van der Waals surface area contributed by atoms with E-state index >= 15 is 0 Å². The Morgan fingerprint density at radius 1 is 1.31 bits per heavy atom. The Balaban J connectivity index is 2.85. The Hall–Kier alpha value is -1.06. The smallest absolute Gasteiger partial charge is 0.119 e.